The molecule has 1 saturated heterocycles. The third-order valence-electron chi connectivity index (χ3n) is 4.64. The number of piperazine rings is 1. The summed E-state index contributed by atoms with van der Waals surface area (Å²) in [5.74, 6) is 0. The molecule has 0 radical (unpaired) electrons. The third-order valence-corrected chi connectivity index (χ3v) is 5.51. The van der Waals surface area contributed by atoms with E-state index in [1.807, 2.05) is 37.8 Å². The van der Waals surface area contributed by atoms with Gasteiger partial charge in [-0.1, -0.05) is 27.5 Å². The van der Waals surface area contributed by atoms with Crippen molar-refractivity contribution >= 4 is 33.6 Å². The molecule has 1 amide bonds. The van der Waals surface area contributed by atoms with E-state index in [4.69, 9.17) is 16.3 Å². The van der Waals surface area contributed by atoms with Crippen LogP contribution in [0.3, 0.4) is 0 Å². The molecule has 0 bridgehead atoms. The first kappa shape index (κ1) is 18.0. The first-order valence-electron chi connectivity index (χ1n) is 8.35. The first-order chi connectivity index (χ1) is 11.2. The number of hydrogen-bond donors (Lipinski definition) is 0. The van der Waals surface area contributed by atoms with Crippen molar-refractivity contribution in [2.45, 2.75) is 51.3 Å². The molecule has 0 unspecified atom stereocenters. The third kappa shape index (κ3) is 4.06. The van der Waals surface area contributed by atoms with Gasteiger partial charge in [0.25, 0.3) is 0 Å². The lowest BCUT2D eigenvalue weighted by molar-refractivity contribution is -0.00238. The lowest BCUT2D eigenvalue weighted by Crippen LogP contribution is -2.56. The summed E-state index contributed by atoms with van der Waals surface area (Å²) in [7, 11) is 0. The highest BCUT2D eigenvalue weighted by Crippen LogP contribution is 2.45. The van der Waals surface area contributed by atoms with Gasteiger partial charge < -0.3 is 9.64 Å². The number of ether oxygens (including phenoxy) is 1. The van der Waals surface area contributed by atoms with E-state index in [-0.39, 0.29) is 11.6 Å². The van der Waals surface area contributed by atoms with Gasteiger partial charge in [0.1, 0.15) is 5.60 Å². The number of amides is 1. The van der Waals surface area contributed by atoms with Crippen LogP contribution in [0.25, 0.3) is 0 Å². The highest BCUT2D eigenvalue weighted by atomic mass is 79.9. The molecule has 132 valence electrons. The Bertz CT molecular complexity index is 640. The summed E-state index contributed by atoms with van der Waals surface area (Å²) < 4.78 is 6.57. The lowest BCUT2D eigenvalue weighted by Gasteiger charge is -2.42. The number of rotatable bonds is 2. The van der Waals surface area contributed by atoms with E-state index in [2.05, 4.69) is 26.9 Å². The molecular weight excluding hydrogens is 392 g/mol. The molecule has 1 spiro atoms. The minimum Gasteiger partial charge on any atom is -0.444 e. The van der Waals surface area contributed by atoms with Gasteiger partial charge >= 0.3 is 6.09 Å². The predicted octanol–water partition coefficient (Wildman–Crippen LogP) is 4.69. The van der Waals surface area contributed by atoms with Gasteiger partial charge in [-0.15, -0.1) is 0 Å². The van der Waals surface area contributed by atoms with E-state index in [0.29, 0.717) is 6.54 Å². The predicted molar refractivity (Wildman–Crippen MR) is 99.3 cm³/mol. The monoisotopic (exact) mass is 414 g/mol. The van der Waals surface area contributed by atoms with Gasteiger partial charge in [0.2, 0.25) is 0 Å². The fraction of sp³-hybridized carbons (Fsp3) is 0.611. The fourth-order valence-corrected chi connectivity index (χ4v) is 3.82. The number of nitrogens with zero attached hydrogens (tertiary/aromatic N) is 2. The first-order valence-corrected chi connectivity index (χ1v) is 9.53. The number of benzene rings is 1. The van der Waals surface area contributed by atoms with Crippen LogP contribution in [0.5, 0.6) is 0 Å². The molecule has 1 heterocycles. The zero-order valence-electron chi connectivity index (χ0n) is 14.4. The van der Waals surface area contributed by atoms with E-state index in [9.17, 15) is 4.79 Å². The normalized spacial score (nSPS) is 20.3. The average Bonchev–Trinajstić information content (AvgIpc) is 3.23. The van der Waals surface area contributed by atoms with Crippen LogP contribution in [-0.4, -0.2) is 46.7 Å². The molecule has 1 aromatic rings. The Hall–Kier alpha value is -0.780. The van der Waals surface area contributed by atoms with Crippen LogP contribution in [-0.2, 0) is 11.3 Å². The highest BCUT2D eigenvalue weighted by molar-refractivity contribution is 9.10. The Kier molecular flexibility index (Phi) is 4.89. The standard InChI is InChI=1S/C18H24BrClN2O2/c1-17(2,3)24-16(23)21-8-9-22(18(12-21)6-7-18)11-13-10-14(19)4-5-15(13)20/h4-5,10H,6-9,11-12H2,1-3H3. The van der Waals surface area contributed by atoms with Gasteiger partial charge in [0, 0.05) is 41.2 Å². The van der Waals surface area contributed by atoms with Crippen LogP contribution in [0.4, 0.5) is 4.79 Å². The molecule has 2 aliphatic rings. The van der Waals surface area contributed by atoms with Crippen LogP contribution in [0.15, 0.2) is 22.7 Å². The molecule has 0 aromatic heterocycles. The van der Waals surface area contributed by atoms with Gasteiger partial charge in [-0.2, -0.15) is 0 Å². The van der Waals surface area contributed by atoms with E-state index < -0.39 is 5.60 Å². The molecule has 24 heavy (non-hydrogen) atoms. The van der Waals surface area contributed by atoms with Gasteiger partial charge in [0.05, 0.1) is 0 Å². The van der Waals surface area contributed by atoms with Crippen molar-refractivity contribution in [3.63, 3.8) is 0 Å². The number of carbonyl (C=O) groups excluding carboxylic acids is 1. The molecule has 3 rings (SSSR count). The van der Waals surface area contributed by atoms with E-state index in [0.717, 1.165) is 47.5 Å². The van der Waals surface area contributed by atoms with Crippen molar-refractivity contribution in [2.75, 3.05) is 19.6 Å². The van der Waals surface area contributed by atoms with Crippen LogP contribution in [0.2, 0.25) is 5.02 Å². The average molecular weight is 416 g/mol. The summed E-state index contributed by atoms with van der Waals surface area (Å²) in [4.78, 5) is 16.7. The molecule has 6 heteroatoms. The van der Waals surface area contributed by atoms with Crippen LogP contribution in [0.1, 0.15) is 39.2 Å². The molecule has 1 saturated carbocycles. The molecule has 1 aromatic carbocycles. The van der Waals surface area contributed by atoms with E-state index >= 15 is 0 Å². The van der Waals surface area contributed by atoms with Gasteiger partial charge in [0.15, 0.2) is 0 Å². The van der Waals surface area contributed by atoms with Crippen LogP contribution < -0.4 is 0 Å². The van der Waals surface area contributed by atoms with Crippen molar-refractivity contribution in [1.82, 2.24) is 9.80 Å². The van der Waals surface area contributed by atoms with Crippen molar-refractivity contribution in [2.24, 2.45) is 0 Å². The second kappa shape index (κ2) is 6.50. The Labute approximate surface area is 157 Å². The largest absolute Gasteiger partial charge is 0.444 e. The highest BCUT2D eigenvalue weighted by Gasteiger charge is 2.52. The smallest absolute Gasteiger partial charge is 0.410 e. The van der Waals surface area contributed by atoms with Crippen molar-refractivity contribution in [3.05, 3.63) is 33.3 Å². The van der Waals surface area contributed by atoms with Crippen LogP contribution >= 0.6 is 27.5 Å². The Balaban J connectivity index is 1.67. The van der Waals surface area contributed by atoms with Crippen molar-refractivity contribution in [1.29, 1.82) is 0 Å². The Morgan fingerprint density at radius 1 is 1.33 bits per heavy atom. The Morgan fingerprint density at radius 2 is 2.04 bits per heavy atom. The molecule has 0 atom stereocenters. The maximum atomic E-state index is 12.4. The van der Waals surface area contributed by atoms with Crippen molar-refractivity contribution in [3.8, 4) is 0 Å². The van der Waals surface area contributed by atoms with Gasteiger partial charge in [-0.05, 0) is 57.4 Å². The second-order valence-electron chi connectivity index (χ2n) is 7.78. The van der Waals surface area contributed by atoms with E-state index in [1.165, 1.54) is 0 Å². The summed E-state index contributed by atoms with van der Waals surface area (Å²) in [5, 5.41) is 0.795. The van der Waals surface area contributed by atoms with Crippen LogP contribution in [0, 0.1) is 0 Å². The molecule has 1 aliphatic heterocycles. The maximum absolute atomic E-state index is 12.4. The lowest BCUT2D eigenvalue weighted by atomic mass is 10.1. The zero-order valence-corrected chi connectivity index (χ0v) is 16.8. The number of carbonyl (C=O) groups is 1. The minimum atomic E-state index is -0.450. The topological polar surface area (TPSA) is 32.8 Å². The van der Waals surface area contributed by atoms with E-state index in [1.54, 1.807) is 0 Å². The maximum Gasteiger partial charge on any atom is 0.410 e. The summed E-state index contributed by atoms with van der Waals surface area (Å²) >= 11 is 9.86. The number of hydrogen-bond acceptors (Lipinski definition) is 3. The quantitative estimate of drug-likeness (QED) is 0.702. The molecule has 2 fully saturated rings. The Morgan fingerprint density at radius 3 is 2.67 bits per heavy atom. The number of halogens is 2. The summed E-state index contributed by atoms with van der Waals surface area (Å²) in [5.41, 5.74) is 0.776. The fourth-order valence-electron chi connectivity index (χ4n) is 3.23. The molecular formula is C18H24BrClN2O2. The summed E-state index contributed by atoms with van der Waals surface area (Å²) in [6, 6.07) is 5.97. The summed E-state index contributed by atoms with van der Waals surface area (Å²) in [6.07, 6.45) is 2.05. The summed E-state index contributed by atoms with van der Waals surface area (Å²) in [6.45, 7) is 8.83. The molecule has 1 aliphatic carbocycles. The second-order valence-corrected chi connectivity index (χ2v) is 9.11. The zero-order chi connectivity index (χ0) is 17.5. The minimum absolute atomic E-state index is 0.0980. The molecule has 4 nitrogen and oxygen atoms in total. The van der Waals surface area contributed by atoms with Gasteiger partial charge in [-0.25, -0.2) is 4.79 Å². The van der Waals surface area contributed by atoms with Gasteiger partial charge in [-0.3, -0.25) is 4.90 Å². The molecule has 0 N–H and O–H groups in total. The SMILES string of the molecule is CC(C)(C)OC(=O)N1CCN(Cc2cc(Br)ccc2Cl)C2(CC2)C1. The van der Waals surface area contributed by atoms with Crippen molar-refractivity contribution < 1.29 is 9.53 Å².